The zero-order chi connectivity index (χ0) is 15.2. The highest BCUT2D eigenvalue weighted by molar-refractivity contribution is 6.45. The second kappa shape index (κ2) is 7.45. The van der Waals surface area contributed by atoms with Crippen molar-refractivity contribution in [3.8, 4) is 0 Å². The minimum absolute atomic E-state index is 0.00637. The summed E-state index contributed by atoms with van der Waals surface area (Å²) in [4.78, 5) is 14.1. The van der Waals surface area contributed by atoms with Crippen LogP contribution < -0.4 is 10.6 Å². The third-order valence-corrected chi connectivity index (χ3v) is 3.70. The molecule has 3 N–H and O–H groups in total. The molecule has 0 bridgehead atoms. The van der Waals surface area contributed by atoms with Gasteiger partial charge in [0.15, 0.2) is 0 Å². The fourth-order valence-electron chi connectivity index (χ4n) is 2.07. The Bertz CT molecular complexity index is 568. The van der Waals surface area contributed by atoms with Gasteiger partial charge in [-0.3, -0.25) is 4.79 Å². The molecule has 1 saturated heterocycles. The number of carbonyl (C=O) groups is 1. The van der Waals surface area contributed by atoms with E-state index in [4.69, 9.17) is 28.6 Å². The topological polar surface area (TPSA) is 68.2 Å². The Kier molecular flexibility index (Phi) is 5.61. The highest BCUT2D eigenvalue weighted by Crippen LogP contribution is 2.19. The number of nitrogens with one attached hydrogen (secondary N) is 3. The number of halogens is 2. The van der Waals surface area contributed by atoms with Crippen LogP contribution in [0.4, 0.5) is 5.69 Å². The summed E-state index contributed by atoms with van der Waals surface area (Å²) >= 11 is 12.0. The molecular formula is C14H16Cl2N4O. The van der Waals surface area contributed by atoms with Crippen LogP contribution in [-0.2, 0) is 4.79 Å². The summed E-state index contributed by atoms with van der Waals surface area (Å²) in [5.74, 6) is -0.448. The average Bonchev–Trinajstić information content (AvgIpc) is 2.49. The molecule has 2 rings (SSSR count). The van der Waals surface area contributed by atoms with Gasteiger partial charge >= 0.3 is 0 Å². The van der Waals surface area contributed by atoms with Gasteiger partial charge in [0, 0.05) is 43.1 Å². The zero-order valence-corrected chi connectivity index (χ0v) is 12.8. The Labute approximate surface area is 133 Å². The van der Waals surface area contributed by atoms with Gasteiger partial charge in [-0.05, 0) is 18.2 Å². The zero-order valence-electron chi connectivity index (χ0n) is 11.3. The van der Waals surface area contributed by atoms with Gasteiger partial charge in [0.25, 0.3) is 5.91 Å². The van der Waals surface area contributed by atoms with Crippen LogP contribution in [0.3, 0.4) is 0 Å². The molecular weight excluding hydrogens is 311 g/mol. The molecule has 1 aliphatic heterocycles. The van der Waals surface area contributed by atoms with Crippen LogP contribution in [0, 0.1) is 5.41 Å². The average molecular weight is 327 g/mol. The van der Waals surface area contributed by atoms with Crippen LogP contribution in [0.5, 0.6) is 0 Å². The number of hydrogen-bond donors (Lipinski definition) is 3. The number of hydrogen-bond acceptors (Lipinski definition) is 4. The second-order valence-electron chi connectivity index (χ2n) is 4.55. The summed E-state index contributed by atoms with van der Waals surface area (Å²) < 4.78 is 0. The molecule has 0 saturated carbocycles. The number of nitrogens with zero attached hydrogens (tertiary/aromatic N) is 1. The highest BCUT2D eigenvalue weighted by Gasteiger charge is 2.19. The van der Waals surface area contributed by atoms with E-state index in [9.17, 15) is 4.79 Å². The van der Waals surface area contributed by atoms with E-state index < -0.39 is 5.91 Å². The summed E-state index contributed by atoms with van der Waals surface area (Å²) in [7, 11) is 0. The molecule has 21 heavy (non-hydrogen) atoms. The van der Waals surface area contributed by atoms with E-state index in [1.54, 1.807) is 24.3 Å². The van der Waals surface area contributed by atoms with Crippen LogP contribution >= 0.6 is 23.2 Å². The van der Waals surface area contributed by atoms with Crippen LogP contribution in [0.25, 0.3) is 0 Å². The normalized spacial score (nSPS) is 16.2. The van der Waals surface area contributed by atoms with E-state index in [1.165, 1.54) is 0 Å². The van der Waals surface area contributed by atoms with Gasteiger partial charge in [0.2, 0.25) is 0 Å². The first kappa shape index (κ1) is 15.8. The smallest absolute Gasteiger partial charge is 0.269 e. The largest absolute Gasteiger partial charge is 0.366 e. The highest BCUT2D eigenvalue weighted by atomic mass is 35.5. The summed E-state index contributed by atoms with van der Waals surface area (Å²) in [6, 6.07) is 6.82. The lowest BCUT2D eigenvalue weighted by Gasteiger charge is -2.30. The number of carbonyl (C=O) groups excluding carboxylic acids is 1. The van der Waals surface area contributed by atoms with E-state index in [-0.39, 0.29) is 5.03 Å². The maximum Gasteiger partial charge on any atom is 0.269 e. The Balaban J connectivity index is 2.15. The van der Waals surface area contributed by atoms with Gasteiger partial charge in [0.1, 0.15) is 5.03 Å². The van der Waals surface area contributed by atoms with Gasteiger partial charge in [-0.15, -0.1) is 0 Å². The molecule has 5 nitrogen and oxygen atoms in total. The van der Waals surface area contributed by atoms with Crippen molar-refractivity contribution < 1.29 is 4.79 Å². The number of allylic oxidation sites excluding steroid dienone is 1. The van der Waals surface area contributed by atoms with Gasteiger partial charge in [-0.25, -0.2) is 0 Å². The molecule has 0 aliphatic carbocycles. The van der Waals surface area contributed by atoms with Gasteiger partial charge in [-0.1, -0.05) is 29.3 Å². The molecule has 0 unspecified atom stereocenters. The first-order chi connectivity index (χ1) is 10.1. The summed E-state index contributed by atoms with van der Waals surface area (Å²) in [6.45, 7) is 3.03. The Morgan fingerprint density at radius 3 is 2.71 bits per heavy atom. The summed E-state index contributed by atoms with van der Waals surface area (Å²) in [6.07, 6.45) is 1.12. The lowest BCUT2D eigenvalue weighted by atomic mass is 10.2. The fourth-order valence-corrected chi connectivity index (χ4v) is 2.48. The molecule has 0 radical (unpaired) electrons. The van der Waals surface area contributed by atoms with Crippen LogP contribution in [-0.4, -0.2) is 43.2 Å². The molecule has 1 aromatic carbocycles. The molecule has 112 valence electrons. The molecule has 1 aliphatic rings. The van der Waals surface area contributed by atoms with Crippen molar-refractivity contribution in [1.29, 1.82) is 5.41 Å². The maximum atomic E-state index is 12.2. The lowest BCUT2D eigenvalue weighted by molar-refractivity contribution is -0.112. The van der Waals surface area contributed by atoms with Crippen LogP contribution in [0.15, 0.2) is 35.0 Å². The molecule has 1 aromatic rings. The second-order valence-corrected chi connectivity index (χ2v) is 5.36. The number of benzene rings is 1. The van der Waals surface area contributed by atoms with E-state index in [1.807, 2.05) is 4.90 Å². The van der Waals surface area contributed by atoms with Crippen molar-refractivity contribution in [2.24, 2.45) is 0 Å². The third kappa shape index (κ3) is 4.20. The van der Waals surface area contributed by atoms with Crippen LogP contribution in [0.2, 0.25) is 5.02 Å². The van der Waals surface area contributed by atoms with E-state index >= 15 is 0 Å². The molecule has 1 fully saturated rings. The minimum Gasteiger partial charge on any atom is -0.366 e. The summed E-state index contributed by atoms with van der Waals surface area (Å²) in [5.41, 5.74) is 0.994. The van der Waals surface area contributed by atoms with Crippen molar-refractivity contribution in [2.75, 3.05) is 31.5 Å². The standard InChI is InChI=1S/C14H16Cl2N4O/c15-10-2-1-3-11(8-10)19-14(21)13(16)12(9-17)20-6-4-18-5-7-20/h1-3,8-9,17-18H,4-7H2,(H,19,21)/b13-12-,17-9?. The summed E-state index contributed by atoms with van der Waals surface area (Å²) in [5, 5.41) is 13.9. The van der Waals surface area contributed by atoms with Crippen molar-refractivity contribution in [3.05, 3.63) is 40.0 Å². The minimum atomic E-state index is -0.448. The fraction of sp³-hybridized carbons (Fsp3) is 0.286. The molecule has 1 amide bonds. The molecule has 7 heteroatoms. The molecule has 0 spiro atoms. The Morgan fingerprint density at radius 2 is 2.10 bits per heavy atom. The van der Waals surface area contributed by atoms with Crippen molar-refractivity contribution in [3.63, 3.8) is 0 Å². The number of piperazine rings is 1. The molecule has 1 heterocycles. The van der Waals surface area contributed by atoms with Crippen molar-refractivity contribution >= 4 is 41.0 Å². The Hall–Kier alpha value is -1.56. The lowest BCUT2D eigenvalue weighted by Crippen LogP contribution is -2.43. The first-order valence-corrected chi connectivity index (χ1v) is 7.30. The monoisotopic (exact) mass is 326 g/mol. The predicted molar refractivity (Wildman–Crippen MR) is 86.2 cm³/mol. The number of rotatable bonds is 4. The number of amides is 1. The third-order valence-electron chi connectivity index (χ3n) is 3.10. The van der Waals surface area contributed by atoms with Gasteiger partial charge in [-0.2, -0.15) is 0 Å². The molecule has 0 aromatic heterocycles. The SMILES string of the molecule is N=C/C(=C(/Cl)C(=O)Nc1cccc(Cl)c1)N1CCNCC1. The number of anilines is 1. The maximum absolute atomic E-state index is 12.2. The Morgan fingerprint density at radius 1 is 1.38 bits per heavy atom. The van der Waals surface area contributed by atoms with E-state index in [0.717, 1.165) is 19.3 Å². The van der Waals surface area contributed by atoms with E-state index in [2.05, 4.69) is 10.6 Å². The predicted octanol–water partition coefficient (Wildman–Crippen LogP) is 2.28. The van der Waals surface area contributed by atoms with Gasteiger partial charge < -0.3 is 20.9 Å². The molecule has 0 atom stereocenters. The van der Waals surface area contributed by atoms with Crippen molar-refractivity contribution in [2.45, 2.75) is 0 Å². The van der Waals surface area contributed by atoms with Gasteiger partial charge in [0.05, 0.1) is 5.70 Å². The van der Waals surface area contributed by atoms with E-state index in [0.29, 0.717) is 29.5 Å². The quantitative estimate of drug-likeness (QED) is 0.587. The van der Waals surface area contributed by atoms with Crippen molar-refractivity contribution in [1.82, 2.24) is 10.2 Å². The first-order valence-electron chi connectivity index (χ1n) is 6.54. The van der Waals surface area contributed by atoms with Crippen LogP contribution in [0.1, 0.15) is 0 Å².